The van der Waals surface area contributed by atoms with Crippen molar-refractivity contribution < 1.29 is 23.1 Å². The quantitative estimate of drug-likeness (QED) is 0.0370. The fourth-order valence-electron chi connectivity index (χ4n) is 5.61. The number of halogens is 1. The number of aromatic nitrogens is 2. The van der Waals surface area contributed by atoms with Crippen molar-refractivity contribution in [3.63, 3.8) is 0 Å². The number of alkyl halides is 1. The summed E-state index contributed by atoms with van der Waals surface area (Å²) in [6, 6.07) is 7.90. The lowest BCUT2D eigenvalue weighted by molar-refractivity contribution is 0.0756. The summed E-state index contributed by atoms with van der Waals surface area (Å²) in [6.45, 7) is 6.35. The van der Waals surface area contributed by atoms with E-state index >= 15 is 0 Å². The number of anilines is 1. The van der Waals surface area contributed by atoms with E-state index in [4.69, 9.17) is 35.9 Å². The fourth-order valence-corrected chi connectivity index (χ4v) is 7.15. The Morgan fingerprint density at radius 3 is 2.04 bits per heavy atom. The minimum atomic E-state index is -3.54. The molecule has 272 valence electrons. The van der Waals surface area contributed by atoms with E-state index in [9.17, 15) is 4.57 Å². The van der Waals surface area contributed by atoms with E-state index in [1.807, 2.05) is 35.8 Å². The van der Waals surface area contributed by atoms with E-state index in [1.165, 1.54) is 96.3 Å². The number of guanidine groups is 1. The van der Waals surface area contributed by atoms with Gasteiger partial charge in [-0.1, -0.05) is 145 Å². The minimum absolute atomic E-state index is 0.162. The van der Waals surface area contributed by atoms with Gasteiger partial charge in [0.1, 0.15) is 17.9 Å². The zero-order valence-corrected chi connectivity index (χ0v) is 31.2. The van der Waals surface area contributed by atoms with Crippen LogP contribution < -0.4 is 11.1 Å². The molecule has 48 heavy (non-hydrogen) atoms. The molecule has 1 aromatic carbocycles. The summed E-state index contributed by atoms with van der Waals surface area (Å²) in [6.07, 6.45) is 22.9. The number of hydrogen-bond acceptors (Lipinski definition) is 9. The van der Waals surface area contributed by atoms with Gasteiger partial charge in [0, 0.05) is 13.2 Å². The van der Waals surface area contributed by atoms with Crippen molar-refractivity contribution in [1.29, 1.82) is 0 Å². The summed E-state index contributed by atoms with van der Waals surface area (Å²) in [7, 11) is -3.54. The maximum Gasteiger partial charge on any atom is 0.356 e. The van der Waals surface area contributed by atoms with Crippen LogP contribution in [0.4, 0.5) is 5.82 Å². The lowest BCUT2D eigenvalue weighted by atomic mass is 10.0. The van der Waals surface area contributed by atoms with Gasteiger partial charge in [-0.05, 0) is 18.9 Å². The van der Waals surface area contributed by atoms with Crippen LogP contribution in [0.2, 0.25) is 0 Å². The Labute approximate surface area is 294 Å². The monoisotopic (exact) mass is 709 g/mol. The van der Waals surface area contributed by atoms with Gasteiger partial charge in [0.05, 0.1) is 32.8 Å². The average molecular weight is 710 g/mol. The Morgan fingerprint density at radius 1 is 0.812 bits per heavy atom. The van der Waals surface area contributed by atoms with Crippen molar-refractivity contribution in [3.05, 3.63) is 47.4 Å². The molecule has 2 unspecified atom stereocenters. The van der Waals surface area contributed by atoms with E-state index in [0.29, 0.717) is 31.3 Å². The standard InChI is InChI=1S/C36H61ClN5O5P/c1-3-4-5-6-7-8-9-10-11-12-13-14-15-16-17-18-24-44-26-27-46-48(43,47-28-32-21-19-31(2)20-22-32)30-45-25-23-42-29-39-33-34(37)40-36(38)41-35(33)42/h19-22,29,34H,3-18,23-28,30H2,1-2H3,(H3,38,40,41). The Balaban J connectivity index is 1.24. The van der Waals surface area contributed by atoms with Crippen LogP contribution in [0.5, 0.6) is 0 Å². The molecular weight excluding hydrogens is 649 g/mol. The average Bonchev–Trinajstić information content (AvgIpc) is 3.48. The van der Waals surface area contributed by atoms with Gasteiger partial charge in [0.15, 0.2) is 11.5 Å². The number of rotatable bonds is 29. The first-order valence-electron chi connectivity index (χ1n) is 18.3. The molecular formula is C36H61ClN5O5P. The zero-order valence-electron chi connectivity index (χ0n) is 29.5. The van der Waals surface area contributed by atoms with Crippen molar-refractivity contribution in [1.82, 2.24) is 9.55 Å². The van der Waals surface area contributed by atoms with Crippen LogP contribution in [0.15, 0.2) is 35.6 Å². The van der Waals surface area contributed by atoms with Crippen LogP contribution in [-0.2, 0) is 36.2 Å². The molecule has 0 bridgehead atoms. The molecule has 3 N–H and O–H groups in total. The van der Waals surface area contributed by atoms with E-state index < -0.39 is 13.1 Å². The number of nitrogens with one attached hydrogen (secondary N) is 1. The molecule has 0 aliphatic carbocycles. The third-order valence-corrected chi connectivity index (χ3v) is 10.4. The highest BCUT2D eigenvalue weighted by Crippen LogP contribution is 2.49. The second-order valence-electron chi connectivity index (χ2n) is 12.8. The summed E-state index contributed by atoms with van der Waals surface area (Å²) in [5, 5.41) is 2.99. The number of ether oxygens (including phenoxy) is 2. The van der Waals surface area contributed by atoms with Crippen LogP contribution in [0, 0.1) is 6.92 Å². The molecule has 1 aromatic heterocycles. The molecule has 0 spiro atoms. The number of imidazole rings is 1. The topological polar surface area (TPSA) is 122 Å². The maximum absolute atomic E-state index is 13.6. The number of hydrogen-bond donors (Lipinski definition) is 2. The van der Waals surface area contributed by atoms with Gasteiger partial charge in [-0.25, -0.2) is 9.98 Å². The van der Waals surface area contributed by atoms with E-state index in [-0.39, 0.29) is 32.1 Å². The van der Waals surface area contributed by atoms with Crippen molar-refractivity contribution >= 4 is 31.0 Å². The molecule has 0 saturated carbocycles. The summed E-state index contributed by atoms with van der Waals surface area (Å²) >= 11 is 6.23. The molecule has 0 radical (unpaired) electrons. The number of aliphatic imine (C=N–C) groups is 1. The molecule has 12 heteroatoms. The highest BCUT2D eigenvalue weighted by molar-refractivity contribution is 7.53. The number of aryl methyl sites for hydroxylation is 1. The van der Waals surface area contributed by atoms with Crippen molar-refractivity contribution in [2.75, 3.05) is 38.1 Å². The smallest absolute Gasteiger partial charge is 0.356 e. The summed E-state index contributed by atoms with van der Waals surface area (Å²) in [5.74, 6) is 0.896. The molecule has 2 atom stereocenters. The number of fused-ring (bicyclic) bond motifs is 1. The molecule has 10 nitrogen and oxygen atoms in total. The zero-order chi connectivity index (χ0) is 34.3. The normalized spacial score (nSPS) is 15.6. The van der Waals surface area contributed by atoms with Gasteiger partial charge in [0.2, 0.25) is 0 Å². The SMILES string of the molecule is CCCCCCCCCCCCCCCCCCOCCOP(=O)(COCCn1cnc2c1NC(N)=NC2Cl)OCc1ccc(C)cc1. The highest BCUT2D eigenvalue weighted by atomic mass is 35.5. The minimum Gasteiger partial charge on any atom is -0.379 e. The van der Waals surface area contributed by atoms with Crippen LogP contribution in [0.3, 0.4) is 0 Å². The third kappa shape index (κ3) is 16.6. The Kier molecular flexibility index (Phi) is 20.5. The molecule has 1 aliphatic heterocycles. The van der Waals surface area contributed by atoms with Gasteiger partial charge in [-0.15, -0.1) is 0 Å². The van der Waals surface area contributed by atoms with Crippen LogP contribution in [-0.4, -0.2) is 48.3 Å². The van der Waals surface area contributed by atoms with Crippen molar-refractivity contribution in [2.45, 2.75) is 135 Å². The first kappa shape index (κ1) is 40.5. The van der Waals surface area contributed by atoms with Gasteiger partial charge in [-0.3, -0.25) is 4.57 Å². The predicted octanol–water partition coefficient (Wildman–Crippen LogP) is 9.85. The second-order valence-corrected chi connectivity index (χ2v) is 15.2. The maximum atomic E-state index is 13.6. The van der Waals surface area contributed by atoms with Gasteiger partial charge >= 0.3 is 7.60 Å². The molecule has 2 aromatic rings. The van der Waals surface area contributed by atoms with Crippen LogP contribution in [0.25, 0.3) is 0 Å². The number of unbranched alkanes of at least 4 members (excludes halogenated alkanes) is 15. The molecule has 0 amide bonds. The summed E-state index contributed by atoms with van der Waals surface area (Å²) in [4.78, 5) is 8.38. The predicted molar refractivity (Wildman–Crippen MR) is 197 cm³/mol. The molecule has 2 heterocycles. The Hall–Kier alpha value is -1.94. The first-order valence-corrected chi connectivity index (χ1v) is 20.4. The second kappa shape index (κ2) is 24.2. The number of benzene rings is 1. The van der Waals surface area contributed by atoms with Gasteiger partial charge in [0.25, 0.3) is 0 Å². The molecule has 0 saturated heterocycles. The number of nitrogens with two attached hydrogens (primary N) is 1. The lowest BCUT2D eigenvalue weighted by Gasteiger charge is -2.20. The van der Waals surface area contributed by atoms with Gasteiger partial charge < -0.3 is 34.1 Å². The van der Waals surface area contributed by atoms with Crippen molar-refractivity contribution in [2.24, 2.45) is 10.7 Å². The summed E-state index contributed by atoms with van der Waals surface area (Å²) < 4.78 is 38.6. The molecule has 3 rings (SSSR count). The largest absolute Gasteiger partial charge is 0.379 e. The number of nitrogens with zero attached hydrogens (tertiary/aromatic N) is 3. The summed E-state index contributed by atoms with van der Waals surface area (Å²) in [5.41, 5.74) is 7.83. The van der Waals surface area contributed by atoms with Gasteiger partial charge in [-0.2, -0.15) is 0 Å². The van der Waals surface area contributed by atoms with E-state index in [0.717, 1.165) is 17.5 Å². The molecule has 1 aliphatic rings. The Morgan fingerprint density at radius 2 is 1.42 bits per heavy atom. The third-order valence-electron chi connectivity index (χ3n) is 8.52. The van der Waals surface area contributed by atoms with E-state index in [1.54, 1.807) is 6.33 Å². The molecule has 0 fully saturated rings. The Bertz CT molecular complexity index is 1210. The van der Waals surface area contributed by atoms with Crippen LogP contribution >= 0.6 is 19.2 Å². The van der Waals surface area contributed by atoms with Crippen molar-refractivity contribution in [3.8, 4) is 0 Å². The van der Waals surface area contributed by atoms with E-state index in [2.05, 4.69) is 22.2 Å². The van der Waals surface area contributed by atoms with Crippen LogP contribution in [0.1, 0.15) is 132 Å². The first-order chi connectivity index (χ1) is 23.4. The lowest BCUT2D eigenvalue weighted by Crippen LogP contribution is -2.28. The highest BCUT2D eigenvalue weighted by Gasteiger charge is 2.26. The fraction of sp³-hybridized carbons (Fsp3) is 0.722.